The largest absolute Gasteiger partial charge is 0.468 e. The number of hydrogen-bond donors (Lipinski definition) is 1. The SMILES string of the molecule is O=C(CSCc1ccco1)Nc1cc(C(F)(F)F)ccc1-n1cncn1. The quantitative estimate of drug-likeness (QED) is 0.703. The molecule has 2 heterocycles. The first-order valence-electron chi connectivity index (χ1n) is 7.40. The fourth-order valence-electron chi connectivity index (χ4n) is 2.17. The van der Waals surface area contributed by atoms with Gasteiger partial charge in [-0.2, -0.15) is 18.3 Å². The Bertz CT molecular complexity index is 864. The number of carbonyl (C=O) groups is 1. The minimum atomic E-state index is -4.52. The summed E-state index contributed by atoms with van der Waals surface area (Å²) in [7, 11) is 0. The molecule has 0 radical (unpaired) electrons. The summed E-state index contributed by atoms with van der Waals surface area (Å²) in [6.07, 6.45) is -0.399. The van der Waals surface area contributed by atoms with Crippen LogP contribution in [0.25, 0.3) is 5.69 Å². The van der Waals surface area contributed by atoms with Gasteiger partial charge in [0, 0.05) is 0 Å². The van der Waals surface area contributed by atoms with Crippen molar-refractivity contribution in [3.63, 3.8) is 0 Å². The molecule has 0 saturated carbocycles. The summed E-state index contributed by atoms with van der Waals surface area (Å²) in [5, 5.41) is 6.41. The van der Waals surface area contributed by atoms with Gasteiger partial charge in [-0.3, -0.25) is 4.79 Å². The van der Waals surface area contributed by atoms with Gasteiger partial charge in [-0.15, -0.1) is 11.8 Å². The summed E-state index contributed by atoms with van der Waals surface area (Å²) in [5.74, 6) is 0.833. The molecule has 10 heteroatoms. The van der Waals surface area contributed by atoms with Gasteiger partial charge in [-0.05, 0) is 30.3 Å². The lowest BCUT2D eigenvalue weighted by molar-refractivity contribution is -0.137. The second-order valence-electron chi connectivity index (χ2n) is 5.19. The minimum absolute atomic E-state index is 0.00826. The monoisotopic (exact) mass is 382 g/mol. The number of benzene rings is 1. The number of nitrogens with zero attached hydrogens (tertiary/aromatic N) is 3. The molecule has 3 aromatic rings. The number of rotatable bonds is 6. The smallest absolute Gasteiger partial charge is 0.416 e. The number of anilines is 1. The van der Waals surface area contributed by atoms with Crippen LogP contribution in [0.4, 0.5) is 18.9 Å². The first-order valence-corrected chi connectivity index (χ1v) is 8.55. The van der Waals surface area contributed by atoms with Crippen molar-refractivity contribution in [1.29, 1.82) is 0 Å². The molecule has 2 aromatic heterocycles. The van der Waals surface area contributed by atoms with Crippen LogP contribution < -0.4 is 5.32 Å². The second-order valence-corrected chi connectivity index (χ2v) is 6.18. The Hall–Kier alpha value is -2.75. The van der Waals surface area contributed by atoms with E-state index in [4.69, 9.17) is 4.42 Å². The third-order valence-electron chi connectivity index (χ3n) is 3.32. The molecule has 0 bridgehead atoms. The second kappa shape index (κ2) is 7.65. The van der Waals surface area contributed by atoms with E-state index >= 15 is 0 Å². The Morgan fingerprint density at radius 1 is 1.31 bits per heavy atom. The van der Waals surface area contributed by atoms with E-state index in [0.717, 1.165) is 12.1 Å². The number of amides is 1. The molecule has 0 fully saturated rings. The van der Waals surface area contributed by atoms with Gasteiger partial charge in [0.2, 0.25) is 5.91 Å². The fourth-order valence-corrected chi connectivity index (χ4v) is 2.90. The van der Waals surface area contributed by atoms with Crippen LogP contribution in [0.3, 0.4) is 0 Å². The van der Waals surface area contributed by atoms with Gasteiger partial charge in [-0.25, -0.2) is 9.67 Å². The molecule has 0 aliphatic carbocycles. The van der Waals surface area contributed by atoms with E-state index in [0.29, 0.717) is 17.2 Å². The van der Waals surface area contributed by atoms with Crippen LogP contribution in [-0.4, -0.2) is 26.4 Å². The fraction of sp³-hybridized carbons (Fsp3) is 0.188. The lowest BCUT2D eigenvalue weighted by Crippen LogP contribution is -2.17. The maximum Gasteiger partial charge on any atom is 0.416 e. The van der Waals surface area contributed by atoms with E-state index in [-0.39, 0.29) is 11.4 Å². The highest BCUT2D eigenvalue weighted by Crippen LogP contribution is 2.33. The van der Waals surface area contributed by atoms with Crippen LogP contribution in [-0.2, 0) is 16.7 Å². The topological polar surface area (TPSA) is 73.0 Å². The van der Waals surface area contributed by atoms with Crippen LogP contribution in [0.15, 0.2) is 53.7 Å². The molecule has 0 atom stereocenters. The van der Waals surface area contributed by atoms with Crippen molar-refractivity contribution in [2.45, 2.75) is 11.9 Å². The Kier molecular flexibility index (Phi) is 5.31. The van der Waals surface area contributed by atoms with Crippen LogP contribution in [0.2, 0.25) is 0 Å². The maximum atomic E-state index is 13.0. The zero-order valence-electron chi connectivity index (χ0n) is 13.2. The van der Waals surface area contributed by atoms with E-state index in [9.17, 15) is 18.0 Å². The summed E-state index contributed by atoms with van der Waals surface area (Å²) in [4.78, 5) is 15.9. The summed E-state index contributed by atoms with van der Waals surface area (Å²) in [6, 6.07) is 6.57. The summed E-state index contributed by atoms with van der Waals surface area (Å²) in [5.41, 5.74) is -0.561. The lowest BCUT2D eigenvalue weighted by Gasteiger charge is -2.14. The first kappa shape index (κ1) is 18.1. The zero-order chi connectivity index (χ0) is 18.6. The Morgan fingerprint density at radius 3 is 2.81 bits per heavy atom. The summed E-state index contributed by atoms with van der Waals surface area (Å²) in [6.45, 7) is 0. The van der Waals surface area contributed by atoms with Gasteiger partial charge in [0.1, 0.15) is 18.4 Å². The van der Waals surface area contributed by atoms with Crippen molar-refractivity contribution in [3.8, 4) is 5.69 Å². The number of furan rings is 1. The zero-order valence-corrected chi connectivity index (χ0v) is 14.0. The summed E-state index contributed by atoms with van der Waals surface area (Å²) < 4.78 is 45.4. The summed E-state index contributed by atoms with van der Waals surface area (Å²) >= 11 is 1.29. The average molecular weight is 382 g/mol. The first-order chi connectivity index (χ1) is 12.4. The van der Waals surface area contributed by atoms with Crippen molar-refractivity contribution in [3.05, 3.63) is 60.6 Å². The number of alkyl halides is 3. The van der Waals surface area contributed by atoms with Crippen molar-refractivity contribution in [2.75, 3.05) is 11.1 Å². The predicted molar refractivity (Wildman–Crippen MR) is 89.9 cm³/mol. The standard InChI is InChI=1S/C16H13F3N4O2S/c17-16(18,19)11-3-4-14(23-10-20-9-21-23)13(6-11)22-15(24)8-26-7-12-2-1-5-25-12/h1-6,9-10H,7-8H2,(H,22,24). The molecule has 0 aliphatic rings. The third-order valence-corrected chi connectivity index (χ3v) is 4.28. The van der Waals surface area contributed by atoms with Gasteiger partial charge >= 0.3 is 6.18 Å². The molecule has 136 valence electrons. The van der Waals surface area contributed by atoms with E-state index in [2.05, 4.69) is 15.4 Å². The molecule has 3 rings (SSSR count). The van der Waals surface area contributed by atoms with Crippen molar-refractivity contribution in [2.24, 2.45) is 0 Å². The van der Waals surface area contributed by atoms with Gasteiger partial charge < -0.3 is 9.73 Å². The van der Waals surface area contributed by atoms with E-state index in [1.165, 1.54) is 41.4 Å². The van der Waals surface area contributed by atoms with Gasteiger partial charge in [0.15, 0.2) is 0 Å². The molecule has 0 aliphatic heterocycles. The Balaban J connectivity index is 1.74. The number of nitrogens with one attached hydrogen (secondary N) is 1. The molecular weight excluding hydrogens is 369 g/mol. The number of halogens is 3. The molecule has 0 unspecified atom stereocenters. The molecule has 1 aromatic carbocycles. The molecule has 26 heavy (non-hydrogen) atoms. The highest BCUT2D eigenvalue weighted by atomic mass is 32.2. The van der Waals surface area contributed by atoms with Crippen LogP contribution in [0.5, 0.6) is 0 Å². The molecule has 0 spiro atoms. The van der Waals surface area contributed by atoms with E-state index in [1.54, 1.807) is 12.1 Å². The van der Waals surface area contributed by atoms with Crippen LogP contribution in [0.1, 0.15) is 11.3 Å². The lowest BCUT2D eigenvalue weighted by atomic mass is 10.1. The highest BCUT2D eigenvalue weighted by molar-refractivity contribution is 7.99. The van der Waals surface area contributed by atoms with Crippen LogP contribution in [0, 0.1) is 0 Å². The van der Waals surface area contributed by atoms with Crippen LogP contribution >= 0.6 is 11.8 Å². The minimum Gasteiger partial charge on any atom is -0.468 e. The number of carbonyl (C=O) groups excluding carboxylic acids is 1. The Morgan fingerprint density at radius 2 is 2.15 bits per heavy atom. The molecule has 1 N–H and O–H groups in total. The molecular formula is C16H13F3N4O2S. The maximum absolute atomic E-state index is 13.0. The normalized spacial score (nSPS) is 11.5. The molecule has 6 nitrogen and oxygen atoms in total. The average Bonchev–Trinajstić information content (AvgIpc) is 3.27. The van der Waals surface area contributed by atoms with Gasteiger partial charge in [0.25, 0.3) is 0 Å². The third kappa shape index (κ3) is 4.45. The predicted octanol–water partition coefficient (Wildman–Crippen LogP) is 3.75. The molecule has 0 saturated heterocycles. The Labute approximate surface area is 150 Å². The van der Waals surface area contributed by atoms with E-state index < -0.39 is 17.6 Å². The highest BCUT2D eigenvalue weighted by Gasteiger charge is 2.31. The van der Waals surface area contributed by atoms with Gasteiger partial charge in [0.05, 0.1) is 34.7 Å². The number of hydrogen-bond acceptors (Lipinski definition) is 5. The van der Waals surface area contributed by atoms with Crippen molar-refractivity contribution >= 4 is 23.4 Å². The number of aromatic nitrogens is 3. The van der Waals surface area contributed by atoms with Gasteiger partial charge in [-0.1, -0.05) is 0 Å². The number of thioether (sulfide) groups is 1. The van der Waals surface area contributed by atoms with E-state index in [1.807, 2.05) is 0 Å². The van der Waals surface area contributed by atoms with Crippen molar-refractivity contribution < 1.29 is 22.4 Å². The molecule has 1 amide bonds. The van der Waals surface area contributed by atoms with Crippen molar-refractivity contribution in [1.82, 2.24) is 14.8 Å².